The maximum absolute atomic E-state index is 4.57. The standard InChI is InChI=1S/C18H24N4S/c1-12-13(2)23-17(22-12)8-9-20-18(19-3)21-11-15-10-14-6-4-5-7-16(14)15/h4-7,15H,8-11H2,1-3H3,(H2,19,20,21). The number of aliphatic imine (C=N–C) groups is 1. The summed E-state index contributed by atoms with van der Waals surface area (Å²) >= 11 is 1.79. The van der Waals surface area contributed by atoms with E-state index in [4.69, 9.17) is 0 Å². The molecule has 23 heavy (non-hydrogen) atoms. The lowest BCUT2D eigenvalue weighted by atomic mass is 9.78. The molecular formula is C18H24N4S. The molecule has 0 bridgehead atoms. The van der Waals surface area contributed by atoms with Crippen LogP contribution >= 0.6 is 11.3 Å². The van der Waals surface area contributed by atoms with E-state index in [1.807, 2.05) is 7.05 Å². The first kappa shape index (κ1) is 16.0. The van der Waals surface area contributed by atoms with Crippen molar-refractivity contribution in [3.05, 3.63) is 51.0 Å². The highest BCUT2D eigenvalue weighted by Gasteiger charge is 2.25. The molecule has 0 saturated heterocycles. The lowest BCUT2D eigenvalue weighted by Crippen LogP contribution is -2.41. The Morgan fingerprint density at radius 1 is 1.30 bits per heavy atom. The van der Waals surface area contributed by atoms with Crippen LogP contribution in [0.25, 0.3) is 0 Å². The molecule has 4 nitrogen and oxygen atoms in total. The smallest absolute Gasteiger partial charge is 0.191 e. The van der Waals surface area contributed by atoms with Crippen LogP contribution < -0.4 is 10.6 Å². The first-order valence-electron chi connectivity index (χ1n) is 8.12. The van der Waals surface area contributed by atoms with Gasteiger partial charge in [-0.05, 0) is 31.4 Å². The minimum Gasteiger partial charge on any atom is -0.356 e. The van der Waals surface area contributed by atoms with Crippen molar-refractivity contribution in [1.29, 1.82) is 0 Å². The summed E-state index contributed by atoms with van der Waals surface area (Å²) in [6.07, 6.45) is 2.10. The average Bonchev–Trinajstić information content (AvgIpc) is 2.84. The van der Waals surface area contributed by atoms with Crippen molar-refractivity contribution < 1.29 is 0 Å². The van der Waals surface area contributed by atoms with Gasteiger partial charge in [-0.25, -0.2) is 4.98 Å². The fourth-order valence-electron chi connectivity index (χ4n) is 2.92. The molecule has 1 aromatic carbocycles. The highest BCUT2D eigenvalue weighted by molar-refractivity contribution is 7.11. The third kappa shape index (κ3) is 3.72. The van der Waals surface area contributed by atoms with Crippen molar-refractivity contribution >= 4 is 17.3 Å². The molecule has 1 aromatic heterocycles. The number of benzene rings is 1. The molecule has 0 radical (unpaired) electrons. The summed E-state index contributed by atoms with van der Waals surface area (Å²) < 4.78 is 0. The Hall–Kier alpha value is -1.88. The van der Waals surface area contributed by atoms with Crippen LogP contribution in [0.5, 0.6) is 0 Å². The van der Waals surface area contributed by atoms with Crippen LogP contribution in [0.4, 0.5) is 0 Å². The zero-order valence-electron chi connectivity index (χ0n) is 14.0. The van der Waals surface area contributed by atoms with Gasteiger partial charge in [0.15, 0.2) is 5.96 Å². The number of fused-ring (bicyclic) bond motifs is 1. The number of nitrogens with one attached hydrogen (secondary N) is 2. The molecule has 1 unspecified atom stereocenters. The maximum Gasteiger partial charge on any atom is 0.191 e. The molecule has 0 saturated carbocycles. The van der Waals surface area contributed by atoms with E-state index >= 15 is 0 Å². The SMILES string of the molecule is CN=C(NCCc1nc(C)c(C)s1)NCC1Cc2ccccc21. The van der Waals surface area contributed by atoms with E-state index in [1.54, 1.807) is 11.3 Å². The molecule has 122 valence electrons. The predicted octanol–water partition coefficient (Wildman–Crippen LogP) is 2.81. The van der Waals surface area contributed by atoms with E-state index in [1.165, 1.54) is 21.0 Å². The molecule has 1 aliphatic rings. The monoisotopic (exact) mass is 328 g/mol. The quantitative estimate of drug-likeness (QED) is 0.655. The normalized spacial score (nSPS) is 16.7. The highest BCUT2D eigenvalue weighted by Crippen LogP contribution is 2.33. The maximum atomic E-state index is 4.57. The Bertz CT molecular complexity index is 685. The van der Waals surface area contributed by atoms with Crippen LogP contribution in [0.15, 0.2) is 29.3 Å². The van der Waals surface area contributed by atoms with Gasteiger partial charge in [0.1, 0.15) is 0 Å². The van der Waals surface area contributed by atoms with E-state index in [0.29, 0.717) is 5.92 Å². The van der Waals surface area contributed by atoms with Crippen LogP contribution in [0.3, 0.4) is 0 Å². The summed E-state index contributed by atoms with van der Waals surface area (Å²) in [6, 6.07) is 8.69. The van der Waals surface area contributed by atoms with Crippen molar-refractivity contribution in [1.82, 2.24) is 15.6 Å². The van der Waals surface area contributed by atoms with Gasteiger partial charge in [-0.1, -0.05) is 24.3 Å². The summed E-state index contributed by atoms with van der Waals surface area (Å²) in [4.78, 5) is 10.2. The molecule has 1 aliphatic carbocycles. The van der Waals surface area contributed by atoms with E-state index in [-0.39, 0.29) is 0 Å². The third-order valence-corrected chi connectivity index (χ3v) is 5.54. The van der Waals surface area contributed by atoms with Crippen LogP contribution in [0.2, 0.25) is 0 Å². The van der Waals surface area contributed by atoms with Crippen molar-refractivity contribution in [3.63, 3.8) is 0 Å². The summed E-state index contributed by atoms with van der Waals surface area (Å²) in [5.74, 6) is 1.48. The van der Waals surface area contributed by atoms with Crippen LogP contribution in [-0.2, 0) is 12.8 Å². The predicted molar refractivity (Wildman–Crippen MR) is 97.5 cm³/mol. The van der Waals surface area contributed by atoms with Gasteiger partial charge in [-0.15, -0.1) is 11.3 Å². The topological polar surface area (TPSA) is 49.3 Å². The Balaban J connectivity index is 1.42. The van der Waals surface area contributed by atoms with Gasteiger partial charge in [0.25, 0.3) is 0 Å². The largest absolute Gasteiger partial charge is 0.356 e. The van der Waals surface area contributed by atoms with Gasteiger partial charge in [-0.3, -0.25) is 4.99 Å². The minimum absolute atomic E-state index is 0.606. The lowest BCUT2D eigenvalue weighted by Gasteiger charge is -2.30. The van der Waals surface area contributed by atoms with Gasteiger partial charge in [-0.2, -0.15) is 0 Å². The molecule has 0 spiro atoms. The van der Waals surface area contributed by atoms with E-state index in [9.17, 15) is 0 Å². The molecule has 5 heteroatoms. The molecule has 0 amide bonds. The highest BCUT2D eigenvalue weighted by atomic mass is 32.1. The number of guanidine groups is 1. The number of hydrogen-bond acceptors (Lipinski definition) is 3. The zero-order chi connectivity index (χ0) is 16.2. The summed E-state index contributed by atoms with van der Waals surface area (Å²) in [5, 5.41) is 8.01. The number of thiazole rings is 1. The fraction of sp³-hybridized carbons (Fsp3) is 0.444. The van der Waals surface area contributed by atoms with Crippen molar-refractivity contribution in [2.75, 3.05) is 20.1 Å². The van der Waals surface area contributed by atoms with Gasteiger partial charge in [0.2, 0.25) is 0 Å². The van der Waals surface area contributed by atoms with Crippen LogP contribution in [0.1, 0.15) is 32.6 Å². The van der Waals surface area contributed by atoms with Crippen LogP contribution in [0, 0.1) is 13.8 Å². The summed E-state index contributed by atoms with van der Waals surface area (Å²) in [5.41, 5.74) is 4.11. The number of rotatable bonds is 5. The minimum atomic E-state index is 0.606. The molecule has 0 aliphatic heterocycles. The van der Waals surface area contributed by atoms with Gasteiger partial charge < -0.3 is 10.6 Å². The second-order valence-electron chi connectivity index (χ2n) is 5.98. The molecular weight excluding hydrogens is 304 g/mol. The summed E-state index contributed by atoms with van der Waals surface area (Å²) in [6.45, 7) is 5.99. The average molecular weight is 328 g/mol. The molecule has 3 rings (SSSR count). The van der Waals surface area contributed by atoms with Crippen molar-refractivity contribution in [2.24, 2.45) is 4.99 Å². The number of nitrogens with zero attached hydrogens (tertiary/aromatic N) is 2. The molecule has 2 N–H and O–H groups in total. The van der Waals surface area contributed by atoms with E-state index in [2.05, 4.69) is 58.7 Å². The van der Waals surface area contributed by atoms with Gasteiger partial charge in [0, 0.05) is 37.4 Å². The first-order valence-corrected chi connectivity index (χ1v) is 8.94. The number of aromatic nitrogens is 1. The Morgan fingerprint density at radius 3 is 2.83 bits per heavy atom. The molecule has 0 fully saturated rings. The first-order chi connectivity index (χ1) is 11.2. The number of hydrogen-bond donors (Lipinski definition) is 2. The van der Waals surface area contributed by atoms with Crippen molar-refractivity contribution in [3.8, 4) is 0 Å². The molecule has 2 aromatic rings. The molecule has 1 atom stereocenters. The Morgan fingerprint density at radius 2 is 2.13 bits per heavy atom. The Labute approximate surface area is 142 Å². The van der Waals surface area contributed by atoms with Crippen LogP contribution in [-0.4, -0.2) is 31.1 Å². The fourth-order valence-corrected chi connectivity index (χ4v) is 3.85. The number of aryl methyl sites for hydroxylation is 2. The van der Waals surface area contributed by atoms with E-state index in [0.717, 1.165) is 37.6 Å². The third-order valence-electron chi connectivity index (χ3n) is 4.40. The summed E-state index contributed by atoms with van der Waals surface area (Å²) in [7, 11) is 1.82. The van der Waals surface area contributed by atoms with Gasteiger partial charge >= 0.3 is 0 Å². The molecule has 1 heterocycles. The van der Waals surface area contributed by atoms with E-state index < -0.39 is 0 Å². The van der Waals surface area contributed by atoms with Gasteiger partial charge in [0.05, 0.1) is 10.7 Å². The second kappa shape index (κ2) is 7.13. The zero-order valence-corrected chi connectivity index (χ0v) is 14.8. The Kier molecular flexibility index (Phi) is 4.96. The lowest BCUT2D eigenvalue weighted by molar-refractivity contribution is 0.584. The van der Waals surface area contributed by atoms with Crippen molar-refractivity contribution in [2.45, 2.75) is 32.6 Å². The second-order valence-corrected chi connectivity index (χ2v) is 7.27.